The van der Waals surface area contributed by atoms with Gasteiger partial charge in [-0.15, -0.1) is 0 Å². The van der Waals surface area contributed by atoms with Crippen molar-refractivity contribution in [2.45, 2.75) is 18.9 Å². The zero-order valence-corrected chi connectivity index (χ0v) is 10.3. The lowest BCUT2D eigenvalue weighted by Crippen LogP contribution is -2.44. The van der Waals surface area contributed by atoms with Crippen molar-refractivity contribution in [2.24, 2.45) is 0 Å². The van der Waals surface area contributed by atoms with Crippen LogP contribution < -0.4 is 5.32 Å². The minimum atomic E-state index is -4.76. The van der Waals surface area contributed by atoms with Crippen molar-refractivity contribution in [3.8, 4) is 0 Å². The topological polar surface area (TPSA) is 29.1 Å². The van der Waals surface area contributed by atoms with Crippen LogP contribution in [0.3, 0.4) is 0 Å². The molecule has 1 aromatic rings. The molecule has 0 radical (unpaired) electrons. The number of carbonyl (C=O) groups excluding carboxylic acids is 1. The number of halogens is 6. The minimum Gasteiger partial charge on any atom is -0.347 e. The maximum Gasteiger partial charge on any atom is 0.383 e. The fourth-order valence-electron chi connectivity index (χ4n) is 1.07. The van der Waals surface area contributed by atoms with Gasteiger partial charge in [0.25, 0.3) is 5.91 Å². The average Bonchev–Trinajstić information content (AvgIpc) is 2.29. The summed E-state index contributed by atoms with van der Waals surface area (Å²) in [4.78, 5) is 10.8. The number of benzene rings is 1. The van der Waals surface area contributed by atoms with E-state index < -0.39 is 30.6 Å². The van der Waals surface area contributed by atoms with E-state index in [0.29, 0.717) is 4.47 Å². The number of hydrogen-bond acceptors (Lipinski definition) is 1. The van der Waals surface area contributed by atoms with Gasteiger partial charge in [0.2, 0.25) is 0 Å². The van der Waals surface area contributed by atoms with Crippen molar-refractivity contribution in [1.82, 2.24) is 5.32 Å². The summed E-state index contributed by atoms with van der Waals surface area (Å²) in [5.74, 6) is -7.50. The van der Waals surface area contributed by atoms with Crippen LogP contribution in [0.5, 0.6) is 0 Å². The number of rotatable bonds is 4. The molecule has 18 heavy (non-hydrogen) atoms. The molecule has 1 amide bonds. The van der Waals surface area contributed by atoms with Crippen LogP contribution >= 0.6 is 15.9 Å². The number of alkyl halides is 4. The maximum absolute atomic E-state index is 12.8. The highest BCUT2D eigenvalue weighted by Crippen LogP contribution is 2.23. The van der Waals surface area contributed by atoms with Crippen molar-refractivity contribution in [2.75, 3.05) is 0 Å². The first kappa shape index (κ1) is 14.9. The second-order valence-electron chi connectivity index (χ2n) is 3.34. The first-order chi connectivity index (χ1) is 8.25. The molecule has 8 heteroatoms. The van der Waals surface area contributed by atoms with Gasteiger partial charge in [-0.2, -0.15) is 8.78 Å². The van der Waals surface area contributed by atoms with Crippen LogP contribution in [0.2, 0.25) is 0 Å². The standard InChI is InChI=1S/C10H7BrF5NO/c11-7-2-1-6(12)3-5(7)4-17-9(18)10(15,16)8(13)14/h1-3,8H,4H2,(H,17,18). The summed E-state index contributed by atoms with van der Waals surface area (Å²) in [5, 5.41) is 1.62. The largest absolute Gasteiger partial charge is 0.383 e. The van der Waals surface area contributed by atoms with Crippen LogP contribution in [0.25, 0.3) is 0 Å². The van der Waals surface area contributed by atoms with Gasteiger partial charge in [-0.05, 0) is 23.8 Å². The Balaban J connectivity index is 2.71. The van der Waals surface area contributed by atoms with Gasteiger partial charge in [-0.3, -0.25) is 4.79 Å². The van der Waals surface area contributed by atoms with Gasteiger partial charge >= 0.3 is 12.3 Å². The minimum absolute atomic E-state index is 0.161. The average molecular weight is 332 g/mol. The van der Waals surface area contributed by atoms with Crippen LogP contribution in [-0.2, 0) is 11.3 Å². The lowest BCUT2D eigenvalue weighted by atomic mass is 10.2. The highest BCUT2D eigenvalue weighted by molar-refractivity contribution is 9.10. The van der Waals surface area contributed by atoms with E-state index in [2.05, 4.69) is 15.9 Å². The van der Waals surface area contributed by atoms with E-state index in [9.17, 15) is 26.7 Å². The van der Waals surface area contributed by atoms with Crippen LogP contribution in [0.4, 0.5) is 22.0 Å². The van der Waals surface area contributed by atoms with Crippen molar-refractivity contribution >= 4 is 21.8 Å². The summed E-state index contributed by atoms with van der Waals surface area (Å²) in [6, 6.07) is 3.41. The highest BCUT2D eigenvalue weighted by atomic mass is 79.9. The van der Waals surface area contributed by atoms with E-state index in [1.807, 2.05) is 0 Å². The summed E-state index contributed by atoms with van der Waals surface area (Å²) in [6.45, 7) is -0.487. The van der Waals surface area contributed by atoms with E-state index in [4.69, 9.17) is 0 Å². The predicted octanol–water partition coefficient (Wildman–Crippen LogP) is 3.10. The molecule has 0 saturated heterocycles. The lowest BCUT2D eigenvalue weighted by molar-refractivity contribution is -0.169. The number of hydrogen-bond donors (Lipinski definition) is 1. The van der Waals surface area contributed by atoms with Gasteiger partial charge in [0, 0.05) is 11.0 Å². The lowest BCUT2D eigenvalue weighted by Gasteiger charge is -2.15. The van der Waals surface area contributed by atoms with Crippen LogP contribution in [0.15, 0.2) is 22.7 Å². The van der Waals surface area contributed by atoms with Gasteiger partial charge < -0.3 is 5.32 Å². The van der Waals surface area contributed by atoms with E-state index in [1.165, 1.54) is 6.07 Å². The summed E-state index contributed by atoms with van der Waals surface area (Å²) in [5.41, 5.74) is 0.161. The second kappa shape index (κ2) is 5.64. The molecular weight excluding hydrogens is 325 g/mol. The molecule has 1 N–H and O–H groups in total. The molecule has 0 fully saturated rings. The first-order valence-electron chi connectivity index (χ1n) is 4.63. The second-order valence-corrected chi connectivity index (χ2v) is 4.20. The molecule has 0 aliphatic carbocycles. The third-order valence-electron chi connectivity index (χ3n) is 2.02. The molecule has 0 atom stereocenters. The molecule has 0 aliphatic rings. The van der Waals surface area contributed by atoms with Crippen LogP contribution in [0.1, 0.15) is 5.56 Å². The molecule has 0 unspecified atom stereocenters. The van der Waals surface area contributed by atoms with Crippen LogP contribution in [-0.4, -0.2) is 18.3 Å². The zero-order chi connectivity index (χ0) is 13.9. The summed E-state index contributed by atoms with van der Waals surface area (Å²) in [6.07, 6.45) is -4.09. The number of carbonyl (C=O) groups is 1. The SMILES string of the molecule is O=C(NCc1cc(F)ccc1Br)C(F)(F)C(F)F. The molecule has 0 heterocycles. The van der Waals surface area contributed by atoms with Gasteiger partial charge in [0.15, 0.2) is 0 Å². The smallest absolute Gasteiger partial charge is 0.347 e. The predicted molar refractivity (Wildman–Crippen MR) is 56.9 cm³/mol. The fraction of sp³-hybridized carbons (Fsp3) is 0.300. The van der Waals surface area contributed by atoms with E-state index in [1.54, 1.807) is 5.32 Å². The molecule has 1 aromatic carbocycles. The van der Waals surface area contributed by atoms with Crippen molar-refractivity contribution in [3.05, 3.63) is 34.1 Å². The van der Waals surface area contributed by atoms with Crippen LogP contribution in [0, 0.1) is 5.82 Å². The van der Waals surface area contributed by atoms with Gasteiger partial charge in [0.05, 0.1) is 0 Å². The molecule has 0 aliphatic heterocycles. The van der Waals surface area contributed by atoms with Crippen molar-refractivity contribution in [1.29, 1.82) is 0 Å². The molecule has 0 saturated carbocycles. The molecular formula is C10H7BrF5NO. The Kier molecular flexibility index (Phi) is 4.66. The molecule has 2 nitrogen and oxygen atoms in total. The molecule has 0 bridgehead atoms. The molecule has 0 spiro atoms. The number of nitrogens with one attached hydrogen (secondary N) is 1. The molecule has 0 aromatic heterocycles. The Bertz CT molecular complexity index is 452. The third kappa shape index (κ3) is 3.41. The Morgan fingerprint density at radius 2 is 2.00 bits per heavy atom. The van der Waals surface area contributed by atoms with Gasteiger partial charge in [-0.1, -0.05) is 15.9 Å². The third-order valence-corrected chi connectivity index (χ3v) is 2.80. The van der Waals surface area contributed by atoms with Gasteiger partial charge in [-0.25, -0.2) is 13.2 Å². The number of amides is 1. The monoisotopic (exact) mass is 331 g/mol. The Morgan fingerprint density at radius 1 is 1.39 bits per heavy atom. The summed E-state index contributed by atoms with van der Waals surface area (Å²) >= 11 is 3.01. The van der Waals surface area contributed by atoms with E-state index in [-0.39, 0.29) is 5.56 Å². The molecule has 1 rings (SSSR count). The Morgan fingerprint density at radius 3 is 2.56 bits per heavy atom. The van der Waals surface area contributed by atoms with E-state index in [0.717, 1.165) is 12.1 Å². The molecule has 100 valence electrons. The first-order valence-corrected chi connectivity index (χ1v) is 5.42. The van der Waals surface area contributed by atoms with E-state index >= 15 is 0 Å². The van der Waals surface area contributed by atoms with Gasteiger partial charge in [0.1, 0.15) is 5.82 Å². The normalized spacial score (nSPS) is 11.7. The Labute approximate surface area is 107 Å². The fourth-order valence-corrected chi connectivity index (χ4v) is 1.46. The Hall–Kier alpha value is -1.18. The van der Waals surface area contributed by atoms with Crippen molar-refractivity contribution < 1.29 is 26.7 Å². The summed E-state index contributed by atoms with van der Waals surface area (Å²) in [7, 11) is 0. The maximum atomic E-state index is 12.8. The highest BCUT2D eigenvalue weighted by Gasteiger charge is 2.48. The quantitative estimate of drug-likeness (QED) is 0.844. The van der Waals surface area contributed by atoms with Crippen molar-refractivity contribution in [3.63, 3.8) is 0 Å². The summed E-state index contributed by atoms with van der Waals surface area (Å²) < 4.78 is 62.1. The zero-order valence-electron chi connectivity index (χ0n) is 8.69.